The molecule has 6 heteroatoms. The van der Waals surface area contributed by atoms with E-state index in [4.69, 9.17) is 17.3 Å². The van der Waals surface area contributed by atoms with Gasteiger partial charge < -0.3 is 5.73 Å². The Morgan fingerprint density at radius 2 is 2.12 bits per heavy atom. The number of hydrogen-bond acceptors (Lipinski definition) is 4. The molecular formula is C18H17ClN4O. The zero-order chi connectivity index (χ0) is 16.8. The molecule has 0 amide bonds. The fourth-order valence-electron chi connectivity index (χ4n) is 2.97. The van der Waals surface area contributed by atoms with Gasteiger partial charge in [-0.2, -0.15) is 0 Å². The number of rotatable bonds is 3. The number of fused-ring (bicyclic) bond motifs is 1. The molecule has 2 heterocycles. The SMILES string of the molecule is CC(N)c1nc2cccc(Cl)c2c(=O)n1-c1cncc(C2CC2)c1. The van der Waals surface area contributed by atoms with E-state index >= 15 is 0 Å². The van der Waals surface area contributed by atoms with Crippen molar-refractivity contribution in [1.29, 1.82) is 0 Å². The zero-order valence-corrected chi connectivity index (χ0v) is 14.0. The van der Waals surface area contributed by atoms with E-state index in [-0.39, 0.29) is 5.56 Å². The van der Waals surface area contributed by atoms with E-state index in [1.165, 1.54) is 17.4 Å². The molecule has 1 atom stereocenters. The minimum Gasteiger partial charge on any atom is -0.322 e. The van der Waals surface area contributed by atoms with E-state index in [0.29, 0.717) is 33.4 Å². The van der Waals surface area contributed by atoms with Gasteiger partial charge in [0, 0.05) is 6.20 Å². The first-order valence-electron chi connectivity index (χ1n) is 7.98. The van der Waals surface area contributed by atoms with Crippen LogP contribution in [0.1, 0.15) is 43.1 Å². The molecule has 1 aliphatic rings. The molecule has 1 fully saturated rings. The van der Waals surface area contributed by atoms with Gasteiger partial charge in [0.15, 0.2) is 0 Å². The summed E-state index contributed by atoms with van der Waals surface area (Å²) in [5.74, 6) is 1.05. The monoisotopic (exact) mass is 340 g/mol. The fourth-order valence-corrected chi connectivity index (χ4v) is 3.22. The predicted octanol–water partition coefficient (Wildman–Crippen LogP) is 3.33. The molecule has 1 aliphatic carbocycles. The van der Waals surface area contributed by atoms with Crippen LogP contribution in [0.4, 0.5) is 0 Å². The smallest absolute Gasteiger partial charge is 0.267 e. The molecule has 24 heavy (non-hydrogen) atoms. The number of hydrogen-bond donors (Lipinski definition) is 1. The minimum absolute atomic E-state index is 0.215. The van der Waals surface area contributed by atoms with Crippen LogP contribution in [0.25, 0.3) is 16.6 Å². The van der Waals surface area contributed by atoms with Gasteiger partial charge in [-0.15, -0.1) is 0 Å². The topological polar surface area (TPSA) is 73.8 Å². The van der Waals surface area contributed by atoms with Crippen LogP contribution in [0, 0.1) is 0 Å². The number of benzene rings is 1. The average Bonchev–Trinajstić information content (AvgIpc) is 3.39. The molecule has 3 aromatic rings. The number of halogens is 1. The summed E-state index contributed by atoms with van der Waals surface area (Å²) >= 11 is 6.25. The van der Waals surface area contributed by atoms with Crippen molar-refractivity contribution >= 4 is 22.5 Å². The lowest BCUT2D eigenvalue weighted by atomic mass is 10.1. The van der Waals surface area contributed by atoms with E-state index in [1.54, 1.807) is 24.4 Å². The summed E-state index contributed by atoms with van der Waals surface area (Å²) in [5.41, 5.74) is 8.26. The van der Waals surface area contributed by atoms with E-state index < -0.39 is 6.04 Å². The molecule has 1 saturated carbocycles. The molecule has 0 bridgehead atoms. The van der Waals surface area contributed by atoms with Gasteiger partial charge in [0.2, 0.25) is 0 Å². The van der Waals surface area contributed by atoms with E-state index in [2.05, 4.69) is 9.97 Å². The summed E-state index contributed by atoms with van der Waals surface area (Å²) < 4.78 is 1.54. The lowest BCUT2D eigenvalue weighted by Gasteiger charge is -2.16. The van der Waals surface area contributed by atoms with Crippen molar-refractivity contribution in [3.05, 3.63) is 63.4 Å². The number of pyridine rings is 1. The third-order valence-corrected chi connectivity index (χ3v) is 4.65. The van der Waals surface area contributed by atoms with Gasteiger partial charge in [-0.1, -0.05) is 17.7 Å². The molecule has 0 radical (unpaired) electrons. The molecule has 0 aliphatic heterocycles. The second-order valence-corrected chi connectivity index (χ2v) is 6.69. The summed E-state index contributed by atoms with van der Waals surface area (Å²) in [5, 5.41) is 0.793. The molecule has 122 valence electrons. The van der Waals surface area contributed by atoms with Gasteiger partial charge >= 0.3 is 0 Å². The van der Waals surface area contributed by atoms with Crippen molar-refractivity contribution in [3.8, 4) is 5.69 Å². The highest BCUT2D eigenvalue weighted by atomic mass is 35.5. The maximum absolute atomic E-state index is 13.1. The summed E-state index contributed by atoms with van der Waals surface area (Å²) in [7, 11) is 0. The first-order valence-corrected chi connectivity index (χ1v) is 8.36. The Hall–Kier alpha value is -2.24. The minimum atomic E-state index is -0.398. The van der Waals surface area contributed by atoms with Crippen molar-refractivity contribution in [2.24, 2.45) is 5.73 Å². The van der Waals surface area contributed by atoms with Crippen molar-refractivity contribution in [2.45, 2.75) is 31.7 Å². The molecule has 2 N–H and O–H groups in total. The first kappa shape index (κ1) is 15.3. The van der Waals surface area contributed by atoms with Gasteiger partial charge in [0.1, 0.15) is 5.82 Å². The van der Waals surface area contributed by atoms with Crippen LogP contribution in [0.3, 0.4) is 0 Å². The Kier molecular flexibility index (Phi) is 3.62. The Balaban J connectivity index is 2.04. The highest BCUT2D eigenvalue weighted by Gasteiger charge is 2.25. The highest BCUT2D eigenvalue weighted by molar-refractivity contribution is 6.35. The second-order valence-electron chi connectivity index (χ2n) is 6.28. The molecular weight excluding hydrogens is 324 g/mol. The van der Waals surface area contributed by atoms with E-state index in [0.717, 1.165) is 5.56 Å². The zero-order valence-electron chi connectivity index (χ0n) is 13.2. The van der Waals surface area contributed by atoms with Crippen LogP contribution in [-0.2, 0) is 0 Å². The van der Waals surface area contributed by atoms with Gasteiger partial charge in [-0.25, -0.2) is 4.98 Å². The van der Waals surface area contributed by atoms with Gasteiger partial charge in [-0.05, 0) is 49.4 Å². The van der Waals surface area contributed by atoms with E-state index in [9.17, 15) is 4.79 Å². The summed E-state index contributed by atoms with van der Waals surface area (Å²) in [6.45, 7) is 1.81. The van der Waals surface area contributed by atoms with Crippen molar-refractivity contribution in [3.63, 3.8) is 0 Å². The van der Waals surface area contributed by atoms with Crippen LogP contribution in [0.2, 0.25) is 5.02 Å². The van der Waals surface area contributed by atoms with Crippen molar-refractivity contribution in [2.75, 3.05) is 0 Å². The van der Waals surface area contributed by atoms with Crippen LogP contribution < -0.4 is 11.3 Å². The highest BCUT2D eigenvalue weighted by Crippen LogP contribution is 2.40. The van der Waals surface area contributed by atoms with Crippen LogP contribution in [0.5, 0.6) is 0 Å². The van der Waals surface area contributed by atoms with Crippen molar-refractivity contribution < 1.29 is 0 Å². The summed E-state index contributed by atoms with van der Waals surface area (Å²) in [4.78, 5) is 22.0. The molecule has 1 unspecified atom stereocenters. The largest absolute Gasteiger partial charge is 0.322 e. The standard InChI is InChI=1S/C18H17ClN4O/c1-10(20)17-22-15-4-2-3-14(19)16(15)18(24)23(17)13-7-12(8-21-9-13)11-5-6-11/h2-4,7-11H,5-6,20H2,1H3. The molecule has 2 aromatic heterocycles. The van der Waals surface area contributed by atoms with Gasteiger partial charge in [-0.3, -0.25) is 14.3 Å². The quantitative estimate of drug-likeness (QED) is 0.793. The molecule has 1 aromatic carbocycles. The Bertz CT molecular complexity index is 992. The lowest BCUT2D eigenvalue weighted by Crippen LogP contribution is -2.27. The van der Waals surface area contributed by atoms with Crippen LogP contribution in [0.15, 0.2) is 41.5 Å². The maximum Gasteiger partial charge on any atom is 0.267 e. The Morgan fingerprint density at radius 3 is 2.83 bits per heavy atom. The predicted molar refractivity (Wildman–Crippen MR) is 94.7 cm³/mol. The van der Waals surface area contributed by atoms with Crippen LogP contribution >= 0.6 is 11.6 Å². The molecule has 4 rings (SSSR count). The lowest BCUT2D eigenvalue weighted by molar-refractivity contribution is 0.695. The first-order chi connectivity index (χ1) is 11.6. The summed E-state index contributed by atoms with van der Waals surface area (Å²) in [6.07, 6.45) is 5.87. The second kappa shape index (κ2) is 5.69. The maximum atomic E-state index is 13.1. The fraction of sp³-hybridized carbons (Fsp3) is 0.278. The normalized spacial score (nSPS) is 15.6. The van der Waals surface area contributed by atoms with Gasteiger partial charge in [0.25, 0.3) is 5.56 Å². The van der Waals surface area contributed by atoms with Crippen molar-refractivity contribution in [1.82, 2.24) is 14.5 Å². The molecule has 5 nitrogen and oxygen atoms in total. The van der Waals surface area contributed by atoms with E-state index in [1.807, 2.05) is 19.2 Å². The third-order valence-electron chi connectivity index (χ3n) is 4.33. The molecule has 0 spiro atoms. The number of nitrogens with two attached hydrogens (primary N) is 1. The average molecular weight is 341 g/mol. The number of nitrogens with zero attached hydrogens (tertiary/aromatic N) is 3. The Morgan fingerprint density at radius 1 is 1.33 bits per heavy atom. The molecule has 0 saturated heterocycles. The van der Waals surface area contributed by atoms with Crippen LogP contribution in [-0.4, -0.2) is 14.5 Å². The summed E-state index contributed by atoms with van der Waals surface area (Å²) in [6, 6.07) is 6.86. The number of aromatic nitrogens is 3. The third kappa shape index (κ3) is 2.50. The Labute approximate surface area is 144 Å². The van der Waals surface area contributed by atoms with Gasteiger partial charge in [0.05, 0.1) is 33.9 Å².